The van der Waals surface area contributed by atoms with Gasteiger partial charge >= 0.3 is 0 Å². The van der Waals surface area contributed by atoms with Crippen LogP contribution in [0.25, 0.3) is 0 Å². The number of amides is 2. The van der Waals surface area contributed by atoms with Gasteiger partial charge in [0.15, 0.2) is 0 Å². The van der Waals surface area contributed by atoms with Crippen LogP contribution in [0, 0.1) is 5.92 Å². The average Bonchev–Trinajstić information content (AvgIpc) is 2.54. The predicted octanol–water partition coefficient (Wildman–Crippen LogP) is 1.28. The molecule has 0 aromatic rings. The summed E-state index contributed by atoms with van der Waals surface area (Å²) in [6.45, 7) is 5.61. The smallest absolute Gasteiger partial charge is 0.244 e. The number of rotatable bonds is 5. The fourth-order valence-corrected chi connectivity index (χ4v) is 3.27. The Balaban J connectivity index is 1.67. The topological polar surface area (TPSA) is 61.4 Å². The molecule has 2 aliphatic rings. The van der Waals surface area contributed by atoms with Gasteiger partial charge in [-0.1, -0.05) is 0 Å². The van der Waals surface area contributed by atoms with Crippen molar-refractivity contribution in [2.75, 3.05) is 26.2 Å². The van der Waals surface area contributed by atoms with E-state index in [1.54, 1.807) is 6.92 Å². The van der Waals surface area contributed by atoms with Crippen LogP contribution in [0.15, 0.2) is 0 Å². The van der Waals surface area contributed by atoms with E-state index < -0.39 is 0 Å². The van der Waals surface area contributed by atoms with Crippen LogP contribution in [-0.2, 0) is 9.59 Å². The summed E-state index contributed by atoms with van der Waals surface area (Å²) in [5, 5.41) is 6.23. The van der Waals surface area contributed by atoms with E-state index in [1.165, 1.54) is 19.3 Å². The lowest BCUT2D eigenvalue weighted by Gasteiger charge is -2.29. The largest absolute Gasteiger partial charge is 0.345 e. The molecule has 0 aromatic heterocycles. The third-order valence-electron chi connectivity index (χ3n) is 4.59. The molecule has 2 unspecified atom stereocenters. The van der Waals surface area contributed by atoms with Crippen LogP contribution in [0.3, 0.4) is 0 Å². The number of hydrogen-bond acceptors (Lipinski definition) is 3. The minimum absolute atomic E-state index is 0.0124. The maximum atomic E-state index is 12.2. The van der Waals surface area contributed by atoms with Crippen LogP contribution >= 0.6 is 0 Å². The Morgan fingerprint density at radius 3 is 2.67 bits per heavy atom. The highest BCUT2D eigenvalue weighted by molar-refractivity contribution is 5.87. The van der Waals surface area contributed by atoms with Crippen molar-refractivity contribution in [2.24, 2.45) is 5.92 Å². The first-order valence-corrected chi connectivity index (χ1v) is 8.45. The second-order valence-electron chi connectivity index (χ2n) is 6.43. The average molecular weight is 295 g/mol. The van der Waals surface area contributed by atoms with Gasteiger partial charge < -0.3 is 15.5 Å². The molecule has 2 N–H and O–H groups in total. The quantitative estimate of drug-likeness (QED) is 0.803. The van der Waals surface area contributed by atoms with Crippen molar-refractivity contribution in [2.45, 2.75) is 57.9 Å². The molecule has 0 spiro atoms. The normalized spacial score (nSPS) is 24.4. The van der Waals surface area contributed by atoms with Gasteiger partial charge in [0.1, 0.15) is 6.04 Å². The van der Waals surface area contributed by atoms with Gasteiger partial charge in [-0.3, -0.25) is 9.59 Å². The van der Waals surface area contributed by atoms with E-state index in [0.29, 0.717) is 12.3 Å². The molecule has 2 fully saturated rings. The number of nitrogens with zero attached hydrogens (tertiary/aromatic N) is 1. The minimum atomic E-state index is -0.389. The summed E-state index contributed by atoms with van der Waals surface area (Å²) in [4.78, 5) is 26.1. The Kier molecular flexibility index (Phi) is 6.49. The van der Waals surface area contributed by atoms with Crippen molar-refractivity contribution in [3.8, 4) is 0 Å². The zero-order chi connectivity index (χ0) is 15.1. The molecule has 120 valence electrons. The highest BCUT2D eigenvalue weighted by atomic mass is 16.2. The molecule has 2 rings (SSSR count). The summed E-state index contributed by atoms with van der Waals surface area (Å²) in [6.07, 6.45) is 7.24. The van der Waals surface area contributed by atoms with E-state index in [2.05, 4.69) is 10.6 Å². The molecule has 5 heteroatoms. The van der Waals surface area contributed by atoms with Crippen molar-refractivity contribution in [1.29, 1.82) is 0 Å². The standard InChI is InChI=1S/C16H29N3O2/c1-13(16(21)19-10-3-2-4-11-19)18-15(20)8-7-14-6-5-9-17-12-14/h13-14,17H,2-12H2,1H3,(H,18,20). The van der Waals surface area contributed by atoms with E-state index >= 15 is 0 Å². The molecular formula is C16H29N3O2. The van der Waals surface area contributed by atoms with Gasteiger partial charge in [0, 0.05) is 19.5 Å². The predicted molar refractivity (Wildman–Crippen MR) is 82.9 cm³/mol. The van der Waals surface area contributed by atoms with Crippen molar-refractivity contribution in [1.82, 2.24) is 15.5 Å². The maximum Gasteiger partial charge on any atom is 0.244 e. The lowest BCUT2D eigenvalue weighted by atomic mass is 9.94. The van der Waals surface area contributed by atoms with Crippen LogP contribution in [0.1, 0.15) is 51.9 Å². The van der Waals surface area contributed by atoms with Crippen molar-refractivity contribution >= 4 is 11.8 Å². The third kappa shape index (κ3) is 5.30. The molecule has 2 atom stereocenters. The molecule has 0 aromatic carbocycles. The molecule has 0 bridgehead atoms. The molecule has 0 radical (unpaired) electrons. The zero-order valence-electron chi connectivity index (χ0n) is 13.2. The highest BCUT2D eigenvalue weighted by Gasteiger charge is 2.23. The van der Waals surface area contributed by atoms with Gasteiger partial charge in [0.2, 0.25) is 11.8 Å². The Bertz CT molecular complexity index is 347. The molecule has 0 aliphatic carbocycles. The number of piperidine rings is 2. The first kappa shape index (κ1) is 16.3. The second-order valence-corrected chi connectivity index (χ2v) is 6.43. The summed E-state index contributed by atoms with van der Waals surface area (Å²) in [6, 6.07) is -0.389. The molecular weight excluding hydrogens is 266 g/mol. The summed E-state index contributed by atoms with van der Waals surface area (Å²) >= 11 is 0. The van der Waals surface area contributed by atoms with Crippen LogP contribution < -0.4 is 10.6 Å². The van der Waals surface area contributed by atoms with Crippen molar-refractivity contribution in [3.05, 3.63) is 0 Å². The van der Waals surface area contributed by atoms with E-state index in [1.807, 2.05) is 4.90 Å². The lowest BCUT2D eigenvalue weighted by Crippen LogP contribution is -2.48. The number of likely N-dealkylation sites (tertiary alicyclic amines) is 1. The maximum absolute atomic E-state index is 12.2. The van der Waals surface area contributed by atoms with E-state index in [9.17, 15) is 9.59 Å². The fourth-order valence-electron chi connectivity index (χ4n) is 3.27. The number of hydrogen-bond donors (Lipinski definition) is 2. The van der Waals surface area contributed by atoms with Gasteiger partial charge in [-0.2, -0.15) is 0 Å². The van der Waals surface area contributed by atoms with Gasteiger partial charge in [-0.05, 0) is 64.5 Å². The summed E-state index contributed by atoms with van der Waals surface area (Å²) < 4.78 is 0. The van der Waals surface area contributed by atoms with Gasteiger partial charge in [0.05, 0.1) is 0 Å². The summed E-state index contributed by atoms with van der Waals surface area (Å²) in [5.41, 5.74) is 0. The van der Waals surface area contributed by atoms with E-state index in [-0.39, 0.29) is 17.9 Å². The molecule has 2 amide bonds. The van der Waals surface area contributed by atoms with Crippen LogP contribution in [0.2, 0.25) is 0 Å². The van der Waals surface area contributed by atoms with Gasteiger partial charge in [0.25, 0.3) is 0 Å². The molecule has 2 heterocycles. The molecule has 2 aliphatic heterocycles. The number of carbonyl (C=O) groups excluding carboxylic acids is 2. The number of carbonyl (C=O) groups is 2. The minimum Gasteiger partial charge on any atom is -0.345 e. The summed E-state index contributed by atoms with van der Waals surface area (Å²) in [5.74, 6) is 0.693. The Morgan fingerprint density at radius 2 is 2.00 bits per heavy atom. The van der Waals surface area contributed by atoms with Gasteiger partial charge in [-0.25, -0.2) is 0 Å². The van der Waals surface area contributed by atoms with Crippen molar-refractivity contribution in [3.63, 3.8) is 0 Å². The third-order valence-corrected chi connectivity index (χ3v) is 4.59. The van der Waals surface area contributed by atoms with Crippen LogP contribution in [0.5, 0.6) is 0 Å². The first-order chi connectivity index (χ1) is 10.2. The molecule has 5 nitrogen and oxygen atoms in total. The first-order valence-electron chi connectivity index (χ1n) is 8.45. The highest BCUT2D eigenvalue weighted by Crippen LogP contribution is 2.16. The Labute approximate surface area is 127 Å². The van der Waals surface area contributed by atoms with E-state index in [4.69, 9.17) is 0 Å². The molecule has 0 saturated carbocycles. The SMILES string of the molecule is CC(NC(=O)CCC1CCCNC1)C(=O)N1CCCCC1. The summed E-state index contributed by atoms with van der Waals surface area (Å²) in [7, 11) is 0. The molecule has 2 saturated heterocycles. The zero-order valence-corrected chi connectivity index (χ0v) is 13.2. The Morgan fingerprint density at radius 1 is 1.24 bits per heavy atom. The fraction of sp³-hybridized carbons (Fsp3) is 0.875. The monoisotopic (exact) mass is 295 g/mol. The van der Waals surface area contributed by atoms with Crippen LogP contribution in [-0.4, -0.2) is 48.9 Å². The van der Waals surface area contributed by atoms with Crippen molar-refractivity contribution < 1.29 is 9.59 Å². The van der Waals surface area contributed by atoms with E-state index in [0.717, 1.165) is 45.4 Å². The Hall–Kier alpha value is -1.10. The van der Waals surface area contributed by atoms with Crippen LogP contribution in [0.4, 0.5) is 0 Å². The number of nitrogens with one attached hydrogen (secondary N) is 2. The molecule has 21 heavy (non-hydrogen) atoms. The lowest BCUT2D eigenvalue weighted by molar-refractivity contribution is -0.136. The second kappa shape index (κ2) is 8.37. The van der Waals surface area contributed by atoms with Gasteiger partial charge in [-0.15, -0.1) is 0 Å².